The van der Waals surface area contributed by atoms with E-state index in [0.29, 0.717) is 5.92 Å². The third kappa shape index (κ3) is 5.14. The van der Waals surface area contributed by atoms with Gasteiger partial charge in [0.05, 0.1) is 0 Å². The first kappa shape index (κ1) is 17.0. The average molecular weight is 277 g/mol. The summed E-state index contributed by atoms with van der Waals surface area (Å²) in [5.41, 5.74) is 8.86. The molecule has 2 N–H and O–H groups in total. The highest BCUT2D eigenvalue weighted by Crippen LogP contribution is 2.27. The number of nitrogens with two attached hydrogens (primary N) is 1. The number of hydrogen-bond donors (Lipinski definition) is 1. The maximum atomic E-state index is 6.28. The summed E-state index contributed by atoms with van der Waals surface area (Å²) in [6.07, 6.45) is 0.972. The molecule has 0 fully saturated rings. The predicted octanol–water partition coefficient (Wildman–Crippen LogP) is 3.12. The van der Waals surface area contributed by atoms with Crippen molar-refractivity contribution in [3.63, 3.8) is 0 Å². The molecule has 0 aliphatic carbocycles. The lowest BCUT2D eigenvalue weighted by Crippen LogP contribution is -2.35. The Morgan fingerprint density at radius 2 is 1.75 bits per heavy atom. The van der Waals surface area contributed by atoms with E-state index in [0.717, 1.165) is 26.1 Å². The van der Waals surface area contributed by atoms with Gasteiger partial charge in [-0.2, -0.15) is 0 Å². The van der Waals surface area contributed by atoms with E-state index in [1.54, 1.807) is 0 Å². The fourth-order valence-corrected chi connectivity index (χ4v) is 2.38. The van der Waals surface area contributed by atoms with E-state index in [-0.39, 0.29) is 6.04 Å². The average Bonchev–Trinajstić information content (AvgIpc) is 2.42. The second-order valence-electron chi connectivity index (χ2n) is 6.22. The molecule has 3 nitrogen and oxygen atoms in total. The Morgan fingerprint density at radius 1 is 1.10 bits per heavy atom. The molecule has 0 aliphatic rings. The fourth-order valence-electron chi connectivity index (χ4n) is 2.38. The molecule has 0 saturated heterocycles. The van der Waals surface area contributed by atoms with E-state index < -0.39 is 0 Å². The van der Waals surface area contributed by atoms with E-state index in [2.05, 4.69) is 68.9 Å². The molecule has 1 rings (SSSR count). The number of rotatable bonds is 8. The van der Waals surface area contributed by atoms with Gasteiger partial charge in [-0.1, -0.05) is 39.0 Å². The first-order valence-corrected chi connectivity index (χ1v) is 7.69. The van der Waals surface area contributed by atoms with Crippen LogP contribution in [0.5, 0.6) is 0 Å². The third-order valence-corrected chi connectivity index (χ3v) is 3.52. The van der Waals surface area contributed by atoms with Gasteiger partial charge in [-0.15, -0.1) is 0 Å². The zero-order valence-electron chi connectivity index (χ0n) is 13.8. The monoisotopic (exact) mass is 277 g/mol. The summed E-state index contributed by atoms with van der Waals surface area (Å²) in [6, 6.07) is 8.72. The molecule has 0 amide bonds. The summed E-state index contributed by atoms with van der Waals surface area (Å²) in [4.78, 5) is 4.71. The van der Waals surface area contributed by atoms with Crippen LogP contribution in [0.1, 0.15) is 38.8 Å². The highest BCUT2D eigenvalue weighted by Gasteiger charge is 2.15. The molecule has 0 heterocycles. The fraction of sp³-hybridized carbons (Fsp3) is 0.647. The van der Waals surface area contributed by atoms with Crippen LogP contribution in [-0.4, -0.2) is 38.6 Å². The standard InChI is InChI=1S/C17H31N3/c1-6-16(18)15-9-7-8-10-17(15)20(13-14(2)3)12-11-19(4)5/h7-10,14,16H,6,11-13,18H2,1-5H3/t16-/m1/s1. The second kappa shape index (κ2) is 8.28. The van der Waals surface area contributed by atoms with Crippen LogP contribution in [0.3, 0.4) is 0 Å². The Kier molecular flexibility index (Phi) is 7.03. The maximum Gasteiger partial charge on any atom is 0.0415 e. The van der Waals surface area contributed by atoms with Crippen molar-refractivity contribution in [2.24, 2.45) is 11.7 Å². The highest BCUT2D eigenvalue weighted by molar-refractivity contribution is 5.55. The quantitative estimate of drug-likeness (QED) is 0.792. The van der Waals surface area contributed by atoms with Crippen molar-refractivity contribution < 1.29 is 0 Å². The van der Waals surface area contributed by atoms with Crippen molar-refractivity contribution in [2.45, 2.75) is 33.2 Å². The number of hydrogen-bond acceptors (Lipinski definition) is 3. The summed E-state index contributed by atoms with van der Waals surface area (Å²) >= 11 is 0. The summed E-state index contributed by atoms with van der Waals surface area (Å²) in [5.74, 6) is 0.642. The molecule has 0 unspecified atom stereocenters. The number of benzene rings is 1. The number of anilines is 1. The Labute approximate surface area is 124 Å². The molecular formula is C17H31N3. The minimum atomic E-state index is 0.125. The van der Waals surface area contributed by atoms with Gasteiger partial charge >= 0.3 is 0 Å². The second-order valence-corrected chi connectivity index (χ2v) is 6.22. The van der Waals surface area contributed by atoms with Crippen molar-refractivity contribution in [1.82, 2.24) is 4.90 Å². The molecule has 1 atom stereocenters. The van der Waals surface area contributed by atoms with E-state index >= 15 is 0 Å². The van der Waals surface area contributed by atoms with Crippen molar-refractivity contribution in [2.75, 3.05) is 38.6 Å². The normalized spacial score (nSPS) is 13.0. The largest absolute Gasteiger partial charge is 0.370 e. The van der Waals surface area contributed by atoms with Crippen LogP contribution in [0.2, 0.25) is 0 Å². The molecule has 0 bridgehead atoms. The Bertz CT molecular complexity index is 388. The van der Waals surface area contributed by atoms with E-state index in [1.165, 1.54) is 11.3 Å². The third-order valence-electron chi connectivity index (χ3n) is 3.52. The zero-order valence-corrected chi connectivity index (χ0v) is 13.8. The van der Waals surface area contributed by atoms with Gasteiger partial charge in [0, 0.05) is 31.4 Å². The van der Waals surface area contributed by atoms with Crippen LogP contribution < -0.4 is 10.6 Å². The van der Waals surface area contributed by atoms with Crippen molar-refractivity contribution in [3.8, 4) is 0 Å². The lowest BCUT2D eigenvalue weighted by atomic mass is 10.0. The predicted molar refractivity (Wildman–Crippen MR) is 89.3 cm³/mol. The van der Waals surface area contributed by atoms with Gasteiger partial charge in [-0.3, -0.25) is 0 Å². The molecule has 1 aromatic carbocycles. The van der Waals surface area contributed by atoms with Crippen LogP contribution in [0, 0.1) is 5.92 Å². The first-order chi connectivity index (χ1) is 9.45. The Hall–Kier alpha value is -1.06. The van der Waals surface area contributed by atoms with Crippen LogP contribution in [0.25, 0.3) is 0 Å². The molecule has 0 saturated carbocycles. The van der Waals surface area contributed by atoms with Crippen LogP contribution >= 0.6 is 0 Å². The van der Waals surface area contributed by atoms with Gasteiger partial charge in [-0.05, 0) is 38.1 Å². The molecule has 20 heavy (non-hydrogen) atoms. The van der Waals surface area contributed by atoms with Crippen molar-refractivity contribution in [3.05, 3.63) is 29.8 Å². The lowest BCUT2D eigenvalue weighted by molar-refractivity contribution is 0.408. The molecule has 0 spiro atoms. The summed E-state index contributed by atoms with van der Waals surface area (Å²) in [5, 5.41) is 0. The minimum absolute atomic E-state index is 0.125. The van der Waals surface area contributed by atoms with Gasteiger partial charge < -0.3 is 15.5 Å². The Morgan fingerprint density at radius 3 is 2.30 bits per heavy atom. The van der Waals surface area contributed by atoms with Crippen LogP contribution in [0.4, 0.5) is 5.69 Å². The van der Waals surface area contributed by atoms with Gasteiger partial charge in [0.2, 0.25) is 0 Å². The van der Waals surface area contributed by atoms with Gasteiger partial charge in [0.25, 0.3) is 0 Å². The van der Waals surface area contributed by atoms with E-state index in [4.69, 9.17) is 5.73 Å². The lowest BCUT2D eigenvalue weighted by Gasteiger charge is -2.31. The highest BCUT2D eigenvalue weighted by atomic mass is 15.2. The molecule has 0 aliphatic heterocycles. The molecule has 0 aromatic heterocycles. The Balaban J connectivity index is 2.99. The topological polar surface area (TPSA) is 32.5 Å². The van der Waals surface area contributed by atoms with Crippen LogP contribution in [-0.2, 0) is 0 Å². The molecule has 114 valence electrons. The SMILES string of the molecule is CC[C@@H](N)c1ccccc1N(CCN(C)C)CC(C)C. The van der Waals surface area contributed by atoms with Gasteiger partial charge in [0.15, 0.2) is 0 Å². The number of para-hydroxylation sites is 1. The number of likely N-dealkylation sites (N-methyl/N-ethyl adjacent to an activating group) is 1. The summed E-state index contributed by atoms with van der Waals surface area (Å²) in [7, 11) is 4.24. The van der Waals surface area contributed by atoms with Gasteiger partial charge in [0.1, 0.15) is 0 Å². The summed E-state index contributed by atoms with van der Waals surface area (Å²) in [6.45, 7) is 9.85. The smallest absolute Gasteiger partial charge is 0.0415 e. The van der Waals surface area contributed by atoms with E-state index in [1.807, 2.05) is 0 Å². The van der Waals surface area contributed by atoms with Crippen molar-refractivity contribution >= 4 is 5.69 Å². The molecule has 1 aromatic rings. The first-order valence-electron chi connectivity index (χ1n) is 7.69. The van der Waals surface area contributed by atoms with Gasteiger partial charge in [-0.25, -0.2) is 0 Å². The maximum absolute atomic E-state index is 6.28. The minimum Gasteiger partial charge on any atom is -0.370 e. The number of nitrogens with zero attached hydrogens (tertiary/aromatic N) is 2. The van der Waals surface area contributed by atoms with Crippen LogP contribution in [0.15, 0.2) is 24.3 Å². The molecule has 3 heteroatoms. The summed E-state index contributed by atoms with van der Waals surface area (Å²) < 4.78 is 0. The van der Waals surface area contributed by atoms with E-state index in [9.17, 15) is 0 Å². The molecule has 0 radical (unpaired) electrons. The zero-order chi connectivity index (χ0) is 15.1. The molecular weight excluding hydrogens is 246 g/mol. The van der Waals surface area contributed by atoms with Crippen molar-refractivity contribution in [1.29, 1.82) is 0 Å².